The summed E-state index contributed by atoms with van der Waals surface area (Å²) in [6.45, 7) is 1.89. The molecule has 0 saturated heterocycles. The van der Waals surface area contributed by atoms with Gasteiger partial charge in [0, 0.05) is 0 Å². The fourth-order valence-corrected chi connectivity index (χ4v) is 1.48. The van der Waals surface area contributed by atoms with Crippen molar-refractivity contribution in [3.8, 4) is 0 Å². The maximum atomic E-state index is 11.0. The zero-order valence-corrected chi connectivity index (χ0v) is 9.00. The molecule has 5 nitrogen and oxygen atoms in total. The second-order valence-electron chi connectivity index (χ2n) is 2.74. The summed E-state index contributed by atoms with van der Waals surface area (Å²) in [6, 6.07) is 0. The quantitative estimate of drug-likeness (QED) is 0.422. The summed E-state index contributed by atoms with van der Waals surface area (Å²) in [4.78, 5) is 11.0. The van der Waals surface area contributed by atoms with Crippen molar-refractivity contribution in [2.24, 2.45) is 0 Å². The predicted molar refractivity (Wildman–Crippen MR) is 51.4 cm³/mol. The highest BCUT2D eigenvalue weighted by Crippen LogP contribution is 2.04. The van der Waals surface area contributed by atoms with E-state index in [1.54, 1.807) is 0 Å². The van der Waals surface area contributed by atoms with Gasteiger partial charge in [-0.2, -0.15) is 8.42 Å². The Morgan fingerprint density at radius 1 is 1.50 bits per heavy atom. The van der Waals surface area contributed by atoms with Crippen LogP contribution in [0.1, 0.15) is 19.8 Å². The molecular formula is C8H14O5S. The van der Waals surface area contributed by atoms with Gasteiger partial charge in [-0.1, -0.05) is 19.4 Å². The van der Waals surface area contributed by atoms with Gasteiger partial charge in [0.2, 0.25) is 0 Å². The van der Waals surface area contributed by atoms with Crippen LogP contribution in [0.25, 0.3) is 0 Å². The van der Waals surface area contributed by atoms with E-state index in [9.17, 15) is 13.2 Å². The lowest BCUT2D eigenvalue weighted by Gasteiger charge is -2.02. The number of rotatable bonds is 5. The normalized spacial score (nSPS) is 12.6. The Kier molecular flexibility index (Phi) is 5.40. The van der Waals surface area contributed by atoms with Gasteiger partial charge in [0.05, 0.1) is 12.7 Å². The summed E-state index contributed by atoms with van der Waals surface area (Å²) in [5.41, 5.74) is -0.0307. The molecule has 0 fully saturated rings. The van der Waals surface area contributed by atoms with Gasteiger partial charge < -0.3 is 4.74 Å². The summed E-state index contributed by atoms with van der Waals surface area (Å²) < 4.78 is 34.0. The zero-order chi connectivity index (χ0) is 11.2. The summed E-state index contributed by atoms with van der Waals surface area (Å²) in [6.07, 6.45) is 2.81. The lowest BCUT2D eigenvalue weighted by atomic mass is 10.2. The van der Waals surface area contributed by atoms with Crippen LogP contribution in [0.4, 0.5) is 0 Å². The number of esters is 1. The molecule has 6 heteroatoms. The molecule has 0 aliphatic carbocycles. The van der Waals surface area contributed by atoms with Crippen molar-refractivity contribution in [3.05, 3.63) is 11.6 Å². The maximum absolute atomic E-state index is 11.0. The van der Waals surface area contributed by atoms with E-state index in [1.165, 1.54) is 6.08 Å². The van der Waals surface area contributed by atoms with E-state index in [2.05, 4.69) is 4.74 Å². The van der Waals surface area contributed by atoms with Crippen molar-refractivity contribution in [1.29, 1.82) is 0 Å². The lowest BCUT2D eigenvalue weighted by molar-refractivity contribution is -0.136. The Balaban J connectivity index is 4.65. The average molecular weight is 222 g/mol. The highest BCUT2D eigenvalue weighted by atomic mass is 32.2. The molecule has 0 aromatic carbocycles. The van der Waals surface area contributed by atoms with Crippen molar-refractivity contribution in [1.82, 2.24) is 0 Å². The third kappa shape index (κ3) is 5.71. The number of ether oxygens (including phenoxy) is 1. The van der Waals surface area contributed by atoms with Crippen LogP contribution in [-0.2, 0) is 19.6 Å². The van der Waals surface area contributed by atoms with E-state index in [-0.39, 0.29) is 5.57 Å². The minimum Gasteiger partial charge on any atom is -0.466 e. The molecule has 0 atom stereocenters. The number of hydrogen-bond acceptors (Lipinski definition) is 4. The predicted octanol–water partition coefficient (Wildman–Crippen LogP) is 0.774. The third-order valence-corrected chi connectivity index (χ3v) is 2.14. The smallest absolute Gasteiger partial charge is 0.334 e. The molecule has 1 N–H and O–H groups in total. The van der Waals surface area contributed by atoms with Crippen LogP contribution in [-0.4, -0.2) is 31.8 Å². The van der Waals surface area contributed by atoms with E-state index in [0.717, 1.165) is 13.5 Å². The lowest BCUT2D eigenvalue weighted by Crippen LogP contribution is -2.15. The van der Waals surface area contributed by atoms with Crippen molar-refractivity contribution in [2.75, 3.05) is 12.9 Å². The fraction of sp³-hybridized carbons (Fsp3) is 0.625. The summed E-state index contributed by atoms with van der Waals surface area (Å²) in [7, 11) is -3.02. The Morgan fingerprint density at radius 2 is 2.07 bits per heavy atom. The second-order valence-corrected chi connectivity index (χ2v) is 4.19. The molecule has 0 aromatic rings. The Morgan fingerprint density at radius 3 is 2.43 bits per heavy atom. The molecule has 0 amide bonds. The molecule has 14 heavy (non-hydrogen) atoms. The molecule has 0 saturated carbocycles. The molecule has 0 aromatic heterocycles. The van der Waals surface area contributed by atoms with Crippen molar-refractivity contribution in [2.45, 2.75) is 19.8 Å². The van der Waals surface area contributed by atoms with Crippen molar-refractivity contribution in [3.63, 3.8) is 0 Å². The Bertz CT molecular complexity index is 315. The van der Waals surface area contributed by atoms with Gasteiger partial charge in [-0.25, -0.2) is 4.79 Å². The van der Waals surface area contributed by atoms with Gasteiger partial charge in [0.25, 0.3) is 10.1 Å². The number of methoxy groups -OCH3 is 1. The van der Waals surface area contributed by atoms with E-state index in [1.807, 2.05) is 6.92 Å². The van der Waals surface area contributed by atoms with E-state index in [4.69, 9.17) is 4.55 Å². The number of carbonyl (C=O) groups excluding carboxylic acids is 1. The van der Waals surface area contributed by atoms with E-state index < -0.39 is 21.8 Å². The van der Waals surface area contributed by atoms with Gasteiger partial charge in [0.1, 0.15) is 5.75 Å². The number of carbonyl (C=O) groups is 1. The number of unbranched alkanes of at least 4 members (excludes halogenated alkanes) is 1. The van der Waals surface area contributed by atoms with Gasteiger partial charge in [0.15, 0.2) is 0 Å². The summed E-state index contributed by atoms with van der Waals surface area (Å²) >= 11 is 0. The van der Waals surface area contributed by atoms with Crippen LogP contribution in [0.2, 0.25) is 0 Å². The van der Waals surface area contributed by atoms with Gasteiger partial charge >= 0.3 is 5.97 Å². The monoisotopic (exact) mass is 222 g/mol. The first-order valence-electron chi connectivity index (χ1n) is 4.13. The van der Waals surface area contributed by atoms with E-state index in [0.29, 0.717) is 6.42 Å². The largest absolute Gasteiger partial charge is 0.466 e. The molecule has 0 spiro atoms. The first-order valence-corrected chi connectivity index (χ1v) is 5.74. The van der Waals surface area contributed by atoms with Crippen LogP contribution in [0.15, 0.2) is 11.6 Å². The number of allylic oxidation sites excluding steroid dienone is 1. The first kappa shape index (κ1) is 13.1. The van der Waals surface area contributed by atoms with Gasteiger partial charge in [-0.3, -0.25) is 4.55 Å². The summed E-state index contributed by atoms with van der Waals surface area (Å²) in [5, 5.41) is 0. The highest BCUT2D eigenvalue weighted by molar-refractivity contribution is 7.86. The second kappa shape index (κ2) is 5.77. The minimum absolute atomic E-state index is 0.0307. The SMILES string of the molecule is CCCC=C(CS(=O)(=O)O)C(=O)OC. The topological polar surface area (TPSA) is 80.7 Å². The van der Waals surface area contributed by atoms with Gasteiger partial charge in [-0.05, 0) is 6.42 Å². The maximum Gasteiger partial charge on any atom is 0.334 e. The zero-order valence-electron chi connectivity index (χ0n) is 8.19. The Hall–Kier alpha value is -0.880. The molecule has 0 radical (unpaired) electrons. The van der Waals surface area contributed by atoms with Crippen molar-refractivity contribution < 1.29 is 22.5 Å². The third-order valence-electron chi connectivity index (χ3n) is 1.46. The summed E-state index contributed by atoms with van der Waals surface area (Å²) in [5.74, 6) is -1.42. The van der Waals surface area contributed by atoms with Crippen LogP contribution in [0.3, 0.4) is 0 Å². The minimum atomic E-state index is -4.18. The van der Waals surface area contributed by atoms with Crippen LogP contribution in [0.5, 0.6) is 0 Å². The molecule has 0 bridgehead atoms. The highest BCUT2D eigenvalue weighted by Gasteiger charge is 2.16. The molecule has 82 valence electrons. The van der Waals surface area contributed by atoms with E-state index >= 15 is 0 Å². The average Bonchev–Trinajstić information content (AvgIpc) is 2.09. The molecular weight excluding hydrogens is 208 g/mol. The van der Waals surface area contributed by atoms with Crippen LogP contribution >= 0.6 is 0 Å². The molecule has 0 unspecified atom stereocenters. The molecule has 0 aliphatic rings. The van der Waals surface area contributed by atoms with Crippen LogP contribution in [0, 0.1) is 0 Å². The molecule has 0 aliphatic heterocycles. The molecule has 0 heterocycles. The first-order chi connectivity index (χ1) is 6.40. The fourth-order valence-electron chi connectivity index (χ4n) is 0.847. The van der Waals surface area contributed by atoms with Gasteiger partial charge in [-0.15, -0.1) is 0 Å². The van der Waals surface area contributed by atoms with Crippen LogP contribution < -0.4 is 0 Å². The standard InChI is InChI=1S/C8H14O5S/c1-3-4-5-7(8(9)13-2)6-14(10,11)12/h5H,3-4,6H2,1-2H3,(H,10,11,12). The molecule has 0 rings (SSSR count). The Labute approximate surface area is 83.5 Å². The van der Waals surface area contributed by atoms with Crippen molar-refractivity contribution >= 4 is 16.1 Å². The number of hydrogen-bond donors (Lipinski definition) is 1.